The van der Waals surface area contributed by atoms with Crippen LogP contribution in [0.3, 0.4) is 0 Å². The highest BCUT2D eigenvalue weighted by atomic mass is 16.5. The van der Waals surface area contributed by atoms with E-state index >= 15 is 0 Å². The highest BCUT2D eigenvalue weighted by Crippen LogP contribution is 2.29. The van der Waals surface area contributed by atoms with E-state index < -0.39 is 5.56 Å². The lowest BCUT2D eigenvalue weighted by Crippen LogP contribution is -2.11. The summed E-state index contributed by atoms with van der Waals surface area (Å²) in [7, 11) is 3.33. The number of nitrogens with one attached hydrogen (secondary N) is 1. The molecule has 0 unspecified atom stereocenters. The molecular formula is C19H15N9O2. The molecule has 4 aromatic heterocycles. The van der Waals surface area contributed by atoms with Crippen molar-refractivity contribution in [2.45, 2.75) is 0 Å². The highest BCUT2D eigenvalue weighted by molar-refractivity contribution is 5.96. The molecule has 0 fully saturated rings. The van der Waals surface area contributed by atoms with Crippen molar-refractivity contribution in [3.05, 3.63) is 59.1 Å². The second-order valence-corrected chi connectivity index (χ2v) is 6.41. The largest absolute Gasteiger partial charge is 0.494 e. The Morgan fingerprint density at radius 3 is 2.80 bits per heavy atom. The lowest BCUT2D eigenvalue weighted by atomic mass is 10.2. The zero-order chi connectivity index (χ0) is 20.7. The van der Waals surface area contributed by atoms with Crippen LogP contribution in [0.1, 0.15) is 0 Å². The third-order valence-corrected chi connectivity index (χ3v) is 4.45. The van der Waals surface area contributed by atoms with E-state index in [1.54, 1.807) is 49.3 Å². The van der Waals surface area contributed by atoms with Gasteiger partial charge in [-0.1, -0.05) is 17.3 Å². The van der Waals surface area contributed by atoms with Crippen LogP contribution in [-0.4, -0.2) is 46.7 Å². The average molecular weight is 401 g/mol. The molecule has 0 amide bonds. The Hall–Kier alpha value is -4.41. The minimum atomic E-state index is -0.427. The summed E-state index contributed by atoms with van der Waals surface area (Å²) >= 11 is 0. The van der Waals surface area contributed by atoms with Gasteiger partial charge in [0.25, 0.3) is 5.56 Å². The number of ether oxygens (including phenoxy) is 1. The summed E-state index contributed by atoms with van der Waals surface area (Å²) in [6.07, 6.45) is 3.15. The molecule has 0 atom stereocenters. The summed E-state index contributed by atoms with van der Waals surface area (Å²) in [5.41, 5.74) is 1.45. The fraction of sp³-hybridized carbons (Fsp3) is 0.105. The molecule has 0 aliphatic heterocycles. The third kappa shape index (κ3) is 2.89. The molecule has 0 aliphatic carbocycles. The Morgan fingerprint density at radius 1 is 1.10 bits per heavy atom. The number of fused-ring (bicyclic) bond motifs is 3. The smallest absolute Gasteiger partial charge is 0.293 e. The van der Waals surface area contributed by atoms with Gasteiger partial charge in [0.1, 0.15) is 17.0 Å². The Balaban J connectivity index is 1.80. The second-order valence-electron chi connectivity index (χ2n) is 6.41. The molecule has 5 aromatic rings. The molecule has 1 N–H and O–H groups in total. The molecular weight excluding hydrogens is 386 g/mol. The fourth-order valence-corrected chi connectivity index (χ4v) is 3.08. The molecule has 0 aliphatic rings. The van der Waals surface area contributed by atoms with Crippen LogP contribution >= 0.6 is 0 Å². The van der Waals surface area contributed by atoms with Gasteiger partial charge in [0.2, 0.25) is 11.8 Å². The van der Waals surface area contributed by atoms with E-state index in [4.69, 9.17) is 4.74 Å². The summed E-state index contributed by atoms with van der Waals surface area (Å²) in [5.74, 6) is 1.23. The van der Waals surface area contributed by atoms with E-state index in [1.807, 2.05) is 12.1 Å². The first kappa shape index (κ1) is 17.7. The standard InChI is InChI=1S/C19H15N9O2/c1-27-10-13(24-26-27)16-23-17-11-6-5-8-14(30-2)15(11)22-19(28(17)25-16)21-12-7-3-4-9-20-18(12)29/h3-10H,1-2H3,(H,20,21,22,29). The fourth-order valence-electron chi connectivity index (χ4n) is 3.08. The normalized spacial score (nSPS) is 11.1. The number of hydrogen-bond donors (Lipinski definition) is 1. The molecule has 0 saturated heterocycles. The SMILES string of the molecule is COc1cccc2c1nc(Nc1ccccnc1=O)n1nc(-c3cn(C)nn3)nc21. The number of benzene rings is 1. The molecule has 11 heteroatoms. The number of methoxy groups -OCH3 is 1. The maximum atomic E-state index is 12.3. The van der Waals surface area contributed by atoms with Crippen molar-refractivity contribution in [1.82, 2.24) is 39.6 Å². The summed E-state index contributed by atoms with van der Waals surface area (Å²) < 4.78 is 8.56. The molecule has 1 aromatic carbocycles. The van der Waals surface area contributed by atoms with Gasteiger partial charge in [0, 0.05) is 18.6 Å². The summed E-state index contributed by atoms with van der Waals surface area (Å²) in [6.45, 7) is 0. The summed E-state index contributed by atoms with van der Waals surface area (Å²) in [5, 5.41) is 16.3. The molecule has 11 nitrogen and oxygen atoms in total. The first-order chi connectivity index (χ1) is 14.6. The molecule has 4 heterocycles. The van der Waals surface area contributed by atoms with Crippen molar-refractivity contribution < 1.29 is 4.74 Å². The number of rotatable bonds is 4. The topological polar surface area (TPSA) is 125 Å². The monoisotopic (exact) mass is 401 g/mol. The third-order valence-electron chi connectivity index (χ3n) is 4.45. The van der Waals surface area contributed by atoms with E-state index in [9.17, 15) is 4.79 Å². The molecule has 5 rings (SSSR count). The molecule has 0 radical (unpaired) electrons. The minimum Gasteiger partial charge on any atom is -0.494 e. The van der Waals surface area contributed by atoms with Gasteiger partial charge in [0.05, 0.1) is 13.3 Å². The lowest BCUT2D eigenvalue weighted by molar-refractivity contribution is 0.419. The zero-order valence-electron chi connectivity index (χ0n) is 16.0. The van der Waals surface area contributed by atoms with Gasteiger partial charge in [-0.05, 0) is 24.3 Å². The molecule has 0 saturated carbocycles. The van der Waals surface area contributed by atoms with Gasteiger partial charge < -0.3 is 10.1 Å². The highest BCUT2D eigenvalue weighted by Gasteiger charge is 2.18. The van der Waals surface area contributed by atoms with Crippen LogP contribution in [0.4, 0.5) is 11.6 Å². The first-order valence-corrected chi connectivity index (χ1v) is 8.96. The Morgan fingerprint density at radius 2 is 2.00 bits per heavy atom. The van der Waals surface area contributed by atoms with E-state index in [2.05, 4.69) is 35.7 Å². The van der Waals surface area contributed by atoms with E-state index in [0.717, 1.165) is 5.39 Å². The number of para-hydroxylation sites is 1. The predicted octanol–water partition coefficient (Wildman–Crippen LogP) is 1.58. The van der Waals surface area contributed by atoms with Crippen LogP contribution in [0.5, 0.6) is 5.75 Å². The number of hydrogen-bond acceptors (Lipinski definition) is 9. The van der Waals surface area contributed by atoms with Gasteiger partial charge >= 0.3 is 0 Å². The van der Waals surface area contributed by atoms with Gasteiger partial charge in [-0.3, -0.25) is 9.48 Å². The average Bonchev–Trinajstić information content (AvgIpc) is 3.33. The van der Waals surface area contributed by atoms with Crippen LogP contribution in [0.25, 0.3) is 28.1 Å². The predicted molar refractivity (Wildman–Crippen MR) is 109 cm³/mol. The van der Waals surface area contributed by atoms with Crippen molar-refractivity contribution >= 4 is 28.2 Å². The van der Waals surface area contributed by atoms with Crippen LogP contribution in [0.2, 0.25) is 0 Å². The van der Waals surface area contributed by atoms with Crippen LogP contribution in [-0.2, 0) is 7.05 Å². The van der Waals surface area contributed by atoms with Gasteiger partial charge in [-0.15, -0.1) is 10.2 Å². The maximum absolute atomic E-state index is 12.3. The van der Waals surface area contributed by atoms with Crippen molar-refractivity contribution in [2.24, 2.45) is 7.05 Å². The van der Waals surface area contributed by atoms with E-state index in [0.29, 0.717) is 28.4 Å². The number of aryl methyl sites for hydroxylation is 1. The van der Waals surface area contributed by atoms with Gasteiger partial charge in [-0.25, -0.2) is 15.0 Å². The molecule has 0 bridgehead atoms. The number of anilines is 2. The Kier molecular flexibility index (Phi) is 4.05. The van der Waals surface area contributed by atoms with Crippen molar-refractivity contribution in [2.75, 3.05) is 12.4 Å². The Labute approximate surface area is 169 Å². The van der Waals surface area contributed by atoms with Crippen LogP contribution in [0, 0.1) is 0 Å². The van der Waals surface area contributed by atoms with Crippen molar-refractivity contribution in [3.8, 4) is 17.3 Å². The van der Waals surface area contributed by atoms with Crippen LogP contribution < -0.4 is 15.6 Å². The quantitative estimate of drug-likeness (QED) is 0.478. The summed E-state index contributed by atoms with van der Waals surface area (Å²) in [4.78, 5) is 25.4. The molecule has 0 spiro atoms. The van der Waals surface area contributed by atoms with E-state index in [1.165, 1.54) is 10.7 Å². The van der Waals surface area contributed by atoms with Gasteiger partial charge in [-0.2, -0.15) is 4.52 Å². The zero-order valence-corrected chi connectivity index (χ0v) is 16.0. The first-order valence-electron chi connectivity index (χ1n) is 8.96. The summed E-state index contributed by atoms with van der Waals surface area (Å²) in [6, 6.07) is 10.5. The number of nitrogens with zero attached hydrogens (tertiary/aromatic N) is 8. The lowest BCUT2D eigenvalue weighted by Gasteiger charge is -2.09. The van der Waals surface area contributed by atoms with Gasteiger partial charge in [0.15, 0.2) is 11.3 Å². The van der Waals surface area contributed by atoms with E-state index in [-0.39, 0.29) is 11.6 Å². The van der Waals surface area contributed by atoms with Crippen molar-refractivity contribution in [3.63, 3.8) is 0 Å². The minimum absolute atomic E-state index is 0.250. The second kappa shape index (κ2) is 6.88. The molecule has 30 heavy (non-hydrogen) atoms. The number of aromatic nitrogens is 8. The van der Waals surface area contributed by atoms with Crippen LogP contribution in [0.15, 0.2) is 53.6 Å². The maximum Gasteiger partial charge on any atom is 0.293 e. The molecule has 148 valence electrons. The van der Waals surface area contributed by atoms with Crippen molar-refractivity contribution in [1.29, 1.82) is 0 Å². The Bertz CT molecular complexity index is 1460.